The molecule has 2 N–H and O–H groups in total. The summed E-state index contributed by atoms with van der Waals surface area (Å²) in [4.78, 5) is 4.08. The summed E-state index contributed by atoms with van der Waals surface area (Å²) in [5, 5.41) is 1.13. The number of halogens is 1. The highest BCUT2D eigenvalue weighted by Gasteiger charge is 2.09. The zero-order valence-corrected chi connectivity index (χ0v) is 9.35. The van der Waals surface area contributed by atoms with Crippen molar-refractivity contribution < 1.29 is 0 Å². The van der Waals surface area contributed by atoms with Gasteiger partial charge >= 0.3 is 0 Å². The van der Waals surface area contributed by atoms with E-state index in [1.165, 1.54) is 11.3 Å². The van der Waals surface area contributed by atoms with Crippen LogP contribution in [0.5, 0.6) is 0 Å². The molecule has 0 unspecified atom stereocenters. The van der Waals surface area contributed by atoms with Crippen molar-refractivity contribution in [3.63, 3.8) is 0 Å². The van der Waals surface area contributed by atoms with E-state index in [1.807, 2.05) is 13.2 Å². The highest BCUT2D eigenvalue weighted by molar-refractivity contribution is 5.94. The van der Waals surface area contributed by atoms with Crippen LogP contribution >= 0.6 is 12.4 Å². The fourth-order valence-electron chi connectivity index (χ4n) is 1.74. The molecule has 2 aromatic heterocycles. The molecule has 0 bridgehead atoms. The molecule has 0 fully saturated rings. The average Bonchev–Trinajstić information content (AvgIpc) is 2.33. The van der Waals surface area contributed by atoms with Crippen LogP contribution in [0.3, 0.4) is 0 Å². The minimum atomic E-state index is 0. The Morgan fingerprint density at radius 3 is 2.50 bits per heavy atom. The molecule has 0 saturated heterocycles. The lowest BCUT2D eigenvalue weighted by Gasteiger charge is -1.97. The number of nitrogen functional groups attached to an aromatic ring is 1. The molecule has 0 aromatic carbocycles. The summed E-state index contributed by atoms with van der Waals surface area (Å²) in [7, 11) is 2.03. The standard InChI is InChI=1S/C10H13N3.ClH/c1-6-7(2)13(3)9-5-12-4-8(11)10(6)9;/h4-5H,11H2,1-3H3;1H. The van der Waals surface area contributed by atoms with Crippen LogP contribution < -0.4 is 5.73 Å². The highest BCUT2D eigenvalue weighted by atomic mass is 35.5. The molecule has 0 aliphatic heterocycles. The van der Waals surface area contributed by atoms with Crippen LogP contribution in [0.1, 0.15) is 11.3 Å². The first-order valence-electron chi connectivity index (χ1n) is 4.28. The van der Waals surface area contributed by atoms with Gasteiger partial charge in [0.05, 0.1) is 23.6 Å². The van der Waals surface area contributed by atoms with E-state index in [0.717, 1.165) is 16.6 Å². The Balaban J connectivity index is 0.000000980. The smallest absolute Gasteiger partial charge is 0.0689 e. The van der Waals surface area contributed by atoms with Crippen molar-refractivity contribution in [2.24, 2.45) is 7.05 Å². The van der Waals surface area contributed by atoms with E-state index in [0.29, 0.717) is 0 Å². The molecule has 2 heterocycles. The van der Waals surface area contributed by atoms with Crippen LogP contribution in [0.25, 0.3) is 10.9 Å². The van der Waals surface area contributed by atoms with Crippen molar-refractivity contribution in [1.82, 2.24) is 9.55 Å². The van der Waals surface area contributed by atoms with E-state index in [2.05, 4.69) is 23.4 Å². The Kier molecular flexibility index (Phi) is 2.71. The normalized spacial score (nSPS) is 10.2. The second kappa shape index (κ2) is 3.50. The number of fused-ring (bicyclic) bond motifs is 1. The van der Waals surface area contributed by atoms with Gasteiger partial charge < -0.3 is 10.3 Å². The number of hydrogen-bond donors (Lipinski definition) is 1. The second-order valence-electron chi connectivity index (χ2n) is 3.39. The van der Waals surface area contributed by atoms with Crippen molar-refractivity contribution in [1.29, 1.82) is 0 Å². The third-order valence-electron chi connectivity index (χ3n) is 2.74. The number of aryl methyl sites for hydroxylation is 2. The molecule has 0 saturated carbocycles. The van der Waals surface area contributed by atoms with Gasteiger partial charge in [0, 0.05) is 18.1 Å². The number of hydrogen-bond acceptors (Lipinski definition) is 2. The van der Waals surface area contributed by atoms with Crippen molar-refractivity contribution in [2.45, 2.75) is 13.8 Å². The van der Waals surface area contributed by atoms with Gasteiger partial charge in [-0.3, -0.25) is 4.98 Å². The summed E-state index contributed by atoms with van der Waals surface area (Å²) in [5.74, 6) is 0. The lowest BCUT2D eigenvalue weighted by molar-refractivity contribution is 0.908. The summed E-state index contributed by atoms with van der Waals surface area (Å²) < 4.78 is 2.12. The molecule has 0 aliphatic rings. The molecule has 0 atom stereocenters. The van der Waals surface area contributed by atoms with Crippen LogP contribution in [0.4, 0.5) is 5.69 Å². The largest absolute Gasteiger partial charge is 0.397 e. The van der Waals surface area contributed by atoms with Crippen LogP contribution in [0.15, 0.2) is 12.4 Å². The first-order chi connectivity index (χ1) is 6.13. The summed E-state index contributed by atoms with van der Waals surface area (Å²) >= 11 is 0. The molecule has 14 heavy (non-hydrogen) atoms. The van der Waals surface area contributed by atoms with Crippen molar-refractivity contribution in [3.8, 4) is 0 Å². The minimum absolute atomic E-state index is 0. The maximum atomic E-state index is 5.86. The minimum Gasteiger partial charge on any atom is -0.397 e. The lowest BCUT2D eigenvalue weighted by atomic mass is 10.2. The van der Waals surface area contributed by atoms with Crippen LogP contribution in [-0.4, -0.2) is 9.55 Å². The number of nitrogens with two attached hydrogens (primary N) is 1. The number of anilines is 1. The Morgan fingerprint density at radius 1 is 1.29 bits per heavy atom. The summed E-state index contributed by atoms with van der Waals surface area (Å²) in [6.45, 7) is 4.18. The molecule has 0 amide bonds. The van der Waals surface area contributed by atoms with Crippen molar-refractivity contribution in [3.05, 3.63) is 23.7 Å². The van der Waals surface area contributed by atoms with E-state index in [1.54, 1.807) is 6.20 Å². The first-order valence-corrected chi connectivity index (χ1v) is 4.28. The Hall–Kier alpha value is -1.22. The Morgan fingerprint density at radius 2 is 1.93 bits per heavy atom. The van der Waals surface area contributed by atoms with Gasteiger partial charge in [0.1, 0.15) is 0 Å². The molecular formula is C10H14ClN3. The monoisotopic (exact) mass is 211 g/mol. The number of rotatable bonds is 0. The van der Waals surface area contributed by atoms with E-state index in [9.17, 15) is 0 Å². The first kappa shape index (κ1) is 10.9. The molecule has 0 spiro atoms. The Labute approximate surface area is 89.3 Å². The molecule has 3 nitrogen and oxygen atoms in total. The van der Waals surface area contributed by atoms with Gasteiger partial charge in [-0.05, 0) is 19.4 Å². The average molecular weight is 212 g/mol. The van der Waals surface area contributed by atoms with E-state index < -0.39 is 0 Å². The highest BCUT2D eigenvalue weighted by Crippen LogP contribution is 2.27. The van der Waals surface area contributed by atoms with Crippen molar-refractivity contribution >= 4 is 29.0 Å². The third kappa shape index (κ3) is 1.24. The maximum absolute atomic E-state index is 5.86. The van der Waals surface area contributed by atoms with Crippen LogP contribution in [-0.2, 0) is 7.05 Å². The fourth-order valence-corrected chi connectivity index (χ4v) is 1.74. The summed E-state index contributed by atoms with van der Waals surface area (Å²) in [6.07, 6.45) is 3.56. The SMILES string of the molecule is Cc1c(C)n(C)c2cncc(N)c12.Cl. The molecule has 4 heteroatoms. The van der Waals surface area contributed by atoms with Gasteiger partial charge in [0.25, 0.3) is 0 Å². The second-order valence-corrected chi connectivity index (χ2v) is 3.39. The lowest BCUT2D eigenvalue weighted by Crippen LogP contribution is -1.91. The molecule has 76 valence electrons. The van der Waals surface area contributed by atoms with Crippen molar-refractivity contribution in [2.75, 3.05) is 5.73 Å². The third-order valence-corrected chi connectivity index (χ3v) is 2.74. The molecule has 2 aromatic rings. The predicted octanol–water partition coefficient (Wildman–Crippen LogP) is 2.19. The number of nitrogens with zero attached hydrogens (tertiary/aromatic N) is 2. The molecular weight excluding hydrogens is 198 g/mol. The van der Waals surface area contributed by atoms with Gasteiger partial charge in [0.2, 0.25) is 0 Å². The number of aromatic nitrogens is 2. The molecule has 2 rings (SSSR count). The van der Waals surface area contributed by atoms with Gasteiger partial charge in [0.15, 0.2) is 0 Å². The fraction of sp³-hybridized carbons (Fsp3) is 0.300. The predicted molar refractivity (Wildman–Crippen MR) is 61.8 cm³/mol. The van der Waals surface area contributed by atoms with E-state index in [4.69, 9.17) is 5.73 Å². The zero-order chi connectivity index (χ0) is 9.59. The Bertz CT molecular complexity index is 474. The quantitative estimate of drug-likeness (QED) is 0.726. The van der Waals surface area contributed by atoms with Gasteiger partial charge in [-0.25, -0.2) is 0 Å². The molecule has 0 radical (unpaired) electrons. The topological polar surface area (TPSA) is 43.8 Å². The van der Waals surface area contributed by atoms with E-state index in [-0.39, 0.29) is 12.4 Å². The van der Waals surface area contributed by atoms with Gasteiger partial charge in [-0.15, -0.1) is 12.4 Å². The molecule has 0 aliphatic carbocycles. The van der Waals surface area contributed by atoms with E-state index >= 15 is 0 Å². The maximum Gasteiger partial charge on any atom is 0.0689 e. The van der Waals surface area contributed by atoms with Gasteiger partial charge in [-0.2, -0.15) is 0 Å². The summed E-state index contributed by atoms with van der Waals surface area (Å²) in [6, 6.07) is 0. The van der Waals surface area contributed by atoms with Gasteiger partial charge in [-0.1, -0.05) is 0 Å². The summed E-state index contributed by atoms with van der Waals surface area (Å²) in [5.41, 5.74) is 10.2. The number of pyridine rings is 1. The zero-order valence-electron chi connectivity index (χ0n) is 8.53. The van der Waals surface area contributed by atoms with Crippen LogP contribution in [0.2, 0.25) is 0 Å². The van der Waals surface area contributed by atoms with Crippen LogP contribution in [0, 0.1) is 13.8 Å².